The number of nitrogens with zero attached hydrogens (tertiary/aromatic N) is 2. The highest BCUT2D eigenvalue weighted by molar-refractivity contribution is 5.79. The van der Waals surface area contributed by atoms with Gasteiger partial charge in [0, 0.05) is 39.6 Å². The van der Waals surface area contributed by atoms with Crippen molar-refractivity contribution in [2.75, 3.05) is 40.5 Å². The normalized spacial score (nSPS) is 17.1. The molecule has 0 N–H and O–H groups in total. The summed E-state index contributed by atoms with van der Waals surface area (Å²) in [5, 5.41) is 0. The van der Waals surface area contributed by atoms with E-state index in [-0.39, 0.29) is 18.0 Å². The van der Waals surface area contributed by atoms with Crippen LogP contribution in [0.15, 0.2) is 48.5 Å². The van der Waals surface area contributed by atoms with Crippen LogP contribution in [-0.2, 0) is 27.2 Å². The zero-order valence-electron chi connectivity index (χ0n) is 22.0. The van der Waals surface area contributed by atoms with Gasteiger partial charge in [-0.25, -0.2) is 9.59 Å². The van der Waals surface area contributed by atoms with Gasteiger partial charge >= 0.3 is 12.0 Å². The molecule has 1 saturated heterocycles. The van der Waals surface area contributed by atoms with Crippen molar-refractivity contribution in [3.63, 3.8) is 0 Å². The lowest BCUT2D eigenvalue weighted by Gasteiger charge is -2.27. The van der Waals surface area contributed by atoms with E-state index in [4.69, 9.17) is 18.9 Å². The largest absolute Gasteiger partial charge is 0.497 e. The lowest BCUT2D eigenvalue weighted by atomic mass is 9.96. The maximum Gasteiger partial charge on any atom is 0.338 e. The standard InChI is InChI=1S/C28H38N2O6/c1-6-34-26(31)28(3,36-7-2)18-21-8-14-25(15-9-21)35-17-16-23-20-30(27(32)29(23)4)19-22-10-12-24(33-5)13-11-22/h8-15,23H,6-7,16-20H2,1-5H3. The predicted molar refractivity (Wildman–Crippen MR) is 137 cm³/mol. The first-order chi connectivity index (χ1) is 17.3. The molecule has 1 heterocycles. The van der Waals surface area contributed by atoms with Crippen LogP contribution in [0, 0.1) is 0 Å². The second-order valence-corrected chi connectivity index (χ2v) is 9.12. The Morgan fingerprint density at radius 2 is 1.64 bits per heavy atom. The highest BCUT2D eigenvalue weighted by Gasteiger charge is 2.36. The van der Waals surface area contributed by atoms with Crippen molar-refractivity contribution >= 4 is 12.0 Å². The molecule has 0 spiro atoms. The molecule has 0 saturated carbocycles. The number of carbonyl (C=O) groups is 2. The Hall–Kier alpha value is -3.26. The van der Waals surface area contributed by atoms with Crippen LogP contribution in [0.1, 0.15) is 38.3 Å². The van der Waals surface area contributed by atoms with Gasteiger partial charge in [-0.05, 0) is 56.2 Å². The topological polar surface area (TPSA) is 77.5 Å². The molecule has 2 amide bonds. The van der Waals surface area contributed by atoms with Crippen molar-refractivity contribution in [1.29, 1.82) is 0 Å². The summed E-state index contributed by atoms with van der Waals surface area (Å²) in [6.45, 7) is 7.87. The minimum atomic E-state index is -1.02. The van der Waals surface area contributed by atoms with Gasteiger partial charge in [-0.1, -0.05) is 24.3 Å². The average Bonchev–Trinajstić information content (AvgIpc) is 3.13. The molecule has 0 aromatic heterocycles. The van der Waals surface area contributed by atoms with Crippen molar-refractivity contribution < 1.29 is 28.5 Å². The molecule has 8 heteroatoms. The van der Waals surface area contributed by atoms with Gasteiger partial charge in [0.2, 0.25) is 0 Å². The molecule has 196 valence electrons. The summed E-state index contributed by atoms with van der Waals surface area (Å²) in [6.07, 6.45) is 1.15. The van der Waals surface area contributed by atoms with Crippen LogP contribution in [0.5, 0.6) is 11.5 Å². The number of hydrogen-bond donors (Lipinski definition) is 0. The van der Waals surface area contributed by atoms with Crippen molar-refractivity contribution in [3.8, 4) is 11.5 Å². The second kappa shape index (κ2) is 12.6. The molecule has 2 aromatic carbocycles. The second-order valence-electron chi connectivity index (χ2n) is 9.12. The number of hydrogen-bond acceptors (Lipinski definition) is 6. The number of benzene rings is 2. The fraction of sp³-hybridized carbons (Fsp3) is 0.500. The fourth-order valence-corrected chi connectivity index (χ4v) is 4.39. The number of carbonyl (C=O) groups excluding carboxylic acids is 2. The van der Waals surface area contributed by atoms with Crippen LogP contribution >= 0.6 is 0 Å². The van der Waals surface area contributed by atoms with Crippen LogP contribution in [0.4, 0.5) is 4.79 Å². The quantitative estimate of drug-likeness (QED) is 0.383. The molecule has 2 unspecified atom stereocenters. The first kappa shape index (κ1) is 27.3. The number of ether oxygens (including phenoxy) is 4. The number of esters is 1. The molecule has 2 aromatic rings. The van der Waals surface area contributed by atoms with Gasteiger partial charge in [0.05, 0.1) is 26.4 Å². The highest BCUT2D eigenvalue weighted by Crippen LogP contribution is 2.24. The van der Waals surface area contributed by atoms with E-state index in [1.807, 2.05) is 67.4 Å². The van der Waals surface area contributed by atoms with Crippen molar-refractivity contribution in [2.24, 2.45) is 0 Å². The van der Waals surface area contributed by atoms with E-state index in [2.05, 4.69) is 0 Å². The highest BCUT2D eigenvalue weighted by atomic mass is 16.6. The maximum absolute atomic E-state index is 12.7. The molecule has 1 fully saturated rings. The molecule has 1 aliphatic heterocycles. The number of methoxy groups -OCH3 is 1. The molecule has 1 aliphatic rings. The van der Waals surface area contributed by atoms with Crippen LogP contribution in [0.2, 0.25) is 0 Å². The fourth-order valence-electron chi connectivity index (χ4n) is 4.39. The summed E-state index contributed by atoms with van der Waals surface area (Å²) in [6, 6.07) is 15.6. The lowest BCUT2D eigenvalue weighted by molar-refractivity contribution is -0.169. The van der Waals surface area contributed by atoms with Crippen molar-refractivity contribution in [2.45, 2.75) is 51.8 Å². The van der Waals surface area contributed by atoms with Crippen molar-refractivity contribution in [1.82, 2.24) is 9.80 Å². The minimum Gasteiger partial charge on any atom is -0.497 e. The van der Waals surface area contributed by atoms with Crippen LogP contribution in [0.25, 0.3) is 0 Å². The van der Waals surface area contributed by atoms with E-state index in [1.165, 1.54) is 0 Å². The maximum atomic E-state index is 12.7. The monoisotopic (exact) mass is 498 g/mol. The molecule has 3 rings (SSSR count). The summed E-state index contributed by atoms with van der Waals surface area (Å²) in [5.41, 5.74) is 1.00. The SMILES string of the molecule is CCOC(=O)C(C)(Cc1ccc(OCCC2CN(Cc3ccc(OC)cc3)C(=O)N2C)cc1)OCC. The van der Waals surface area contributed by atoms with Crippen molar-refractivity contribution in [3.05, 3.63) is 59.7 Å². The minimum absolute atomic E-state index is 0.0270. The van der Waals surface area contributed by atoms with Gasteiger partial charge in [-0.3, -0.25) is 0 Å². The predicted octanol–water partition coefficient (Wildman–Crippen LogP) is 4.30. The smallest absolute Gasteiger partial charge is 0.338 e. The number of rotatable bonds is 13. The van der Waals surface area contributed by atoms with Gasteiger partial charge < -0.3 is 28.7 Å². The Morgan fingerprint density at radius 3 is 2.25 bits per heavy atom. The summed E-state index contributed by atoms with van der Waals surface area (Å²) < 4.78 is 22.1. The molecule has 0 radical (unpaired) electrons. The van der Waals surface area contributed by atoms with E-state index in [1.54, 1.807) is 25.9 Å². The molecule has 36 heavy (non-hydrogen) atoms. The number of likely N-dealkylation sites (N-methyl/N-ethyl adjacent to an activating group) is 1. The van der Waals surface area contributed by atoms with E-state index >= 15 is 0 Å². The van der Waals surface area contributed by atoms with Gasteiger partial charge in [0.15, 0.2) is 5.60 Å². The van der Waals surface area contributed by atoms with Gasteiger partial charge in [-0.2, -0.15) is 0 Å². The van der Waals surface area contributed by atoms with Crippen LogP contribution in [-0.4, -0.2) is 74.0 Å². The first-order valence-corrected chi connectivity index (χ1v) is 12.5. The summed E-state index contributed by atoms with van der Waals surface area (Å²) >= 11 is 0. The molecule has 0 aliphatic carbocycles. The third-order valence-electron chi connectivity index (χ3n) is 6.44. The average molecular weight is 499 g/mol. The summed E-state index contributed by atoms with van der Waals surface area (Å²) in [5.74, 6) is 1.19. The zero-order chi connectivity index (χ0) is 26.1. The van der Waals surface area contributed by atoms with Gasteiger partial charge in [0.25, 0.3) is 0 Å². The third kappa shape index (κ3) is 6.91. The zero-order valence-corrected chi connectivity index (χ0v) is 22.0. The number of amides is 2. The molecular weight excluding hydrogens is 460 g/mol. The Balaban J connectivity index is 1.49. The van der Waals surface area contributed by atoms with Gasteiger partial charge in [0.1, 0.15) is 11.5 Å². The summed E-state index contributed by atoms with van der Waals surface area (Å²) in [4.78, 5) is 28.7. The Bertz CT molecular complexity index is 994. The Kier molecular flexibility index (Phi) is 9.58. The molecule has 2 atom stereocenters. The third-order valence-corrected chi connectivity index (χ3v) is 6.44. The Labute approximate surface area is 214 Å². The van der Waals surface area contributed by atoms with E-state index in [0.717, 1.165) is 29.0 Å². The number of urea groups is 1. The summed E-state index contributed by atoms with van der Waals surface area (Å²) in [7, 11) is 3.48. The lowest BCUT2D eigenvalue weighted by Crippen LogP contribution is -2.42. The first-order valence-electron chi connectivity index (χ1n) is 12.5. The van der Waals surface area contributed by atoms with Crippen LogP contribution in [0.3, 0.4) is 0 Å². The molecular formula is C28H38N2O6. The van der Waals surface area contributed by atoms with E-state index < -0.39 is 5.60 Å². The molecule has 8 nitrogen and oxygen atoms in total. The van der Waals surface area contributed by atoms with Gasteiger partial charge in [-0.15, -0.1) is 0 Å². The van der Waals surface area contributed by atoms with Crippen LogP contribution < -0.4 is 9.47 Å². The Morgan fingerprint density at radius 1 is 1.00 bits per heavy atom. The van der Waals surface area contributed by atoms with E-state index in [9.17, 15) is 9.59 Å². The molecule has 0 bridgehead atoms. The van der Waals surface area contributed by atoms with E-state index in [0.29, 0.717) is 39.3 Å².